The topological polar surface area (TPSA) is 58.2 Å². The third kappa shape index (κ3) is 3.24. The molecule has 0 saturated carbocycles. The summed E-state index contributed by atoms with van der Waals surface area (Å²) < 4.78 is 39.5. The molecular formula is C11H15FN2O2S. The largest absolute Gasteiger partial charge is 0.317 e. The summed E-state index contributed by atoms with van der Waals surface area (Å²) in [4.78, 5) is -0.0176. The molecule has 2 N–H and O–H groups in total. The third-order valence-electron chi connectivity index (χ3n) is 2.77. The van der Waals surface area contributed by atoms with Gasteiger partial charge in [0.05, 0.1) is 4.90 Å². The number of halogens is 1. The maximum atomic E-state index is 13.0. The Bertz CT molecular complexity index is 484. The lowest BCUT2D eigenvalue weighted by Crippen LogP contribution is -2.42. The number of nitrogens with one attached hydrogen (secondary N) is 2. The van der Waals surface area contributed by atoms with Crippen LogP contribution in [0.1, 0.15) is 12.8 Å². The van der Waals surface area contributed by atoms with Crippen molar-refractivity contribution in [1.29, 1.82) is 0 Å². The minimum Gasteiger partial charge on any atom is -0.317 e. The molecule has 1 aliphatic rings. The van der Waals surface area contributed by atoms with E-state index in [-0.39, 0.29) is 10.9 Å². The highest BCUT2D eigenvalue weighted by atomic mass is 32.2. The first kappa shape index (κ1) is 12.5. The van der Waals surface area contributed by atoms with Crippen LogP contribution < -0.4 is 10.0 Å². The van der Waals surface area contributed by atoms with Gasteiger partial charge < -0.3 is 5.32 Å². The van der Waals surface area contributed by atoms with Crippen LogP contribution in [0.25, 0.3) is 0 Å². The zero-order valence-electron chi connectivity index (χ0n) is 9.32. The van der Waals surface area contributed by atoms with Crippen LogP contribution in [-0.4, -0.2) is 27.5 Å². The molecule has 1 heterocycles. The molecule has 17 heavy (non-hydrogen) atoms. The molecule has 0 atom stereocenters. The summed E-state index contributed by atoms with van der Waals surface area (Å²) in [5.41, 5.74) is 0. The van der Waals surface area contributed by atoms with E-state index in [4.69, 9.17) is 0 Å². The maximum Gasteiger partial charge on any atom is 0.240 e. The van der Waals surface area contributed by atoms with Crippen molar-refractivity contribution in [2.24, 2.45) is 0 Å². The van der Waals surface area contributed by atoms with Gasteiger partial charge in [0.2, 0.25) is 10.0 Å². The molecule has 0 spiro atoms. The Morgan fingerprint density at radius 2 is 2.00 bits per heavy atom. The molecule has 1 aliphatic heterocycles. The number of rotatable bonds is 3. The van der Waals surface area contributed by atoms with Crippen molar-refractivity contribution in [3.63, 3.8) is 0 Å². The van der Waals surface area contributed by atoms with E-state index < -0.39 is 15.8 Å². The molecule has 0 aromatic heterocycles. The van der Waals surface area contributed by atoms with Crippen molar-refractivity contribution < 1.29 is 12.8 Å². The first-order valence-electron chi connectivity index (χ1n) is 5.56. The van der Waals surface area contributed by atoms with Gasteiger partial charge in [-0.1, -0.05) is 6.07 Å². The molecular weight excluding hydrogens is 243 g/mol. The van der Waals surface area contributed by atoms with Gasteiger partial charge in [-0.25, -0.2) is 17.5 Å². The van der Waals surface area contributed by atoms with E-state index >= 15 is 0 Å². The Balaban J connectivity index is 2.13. The molecule has 0 radical (unpaired) electrons. The normalized spacial score (nSPS) is 18.2. The van der Waals surface area contributed by atoms with Crippen molar-refractivity contribution in [3.05, 3.63) is 30.1 Å². The van der Waals surface area contributed by atoms with Crippen molar-refractivity contribution in [2.75, 3.05) is 13.1 Å². The zero-order valence-corrected chi connectivity index (χ0v) is 10.1. The van der Waals surface area contributed by atoms with Crippen molar-refractivity contribution in [2.45, 2.75) is 23.8 Å². The molecule has 0 amide bonds. The van der Waals surface area contributed by atoms with E-state index in [2.05, 4.69) is 10.0 Å². The smallest absolute Gasteiger partial charge is 0.240 e. The van der Waals surface area contributed by atoms with Crippen molar-refractivity contribution >= 4 is 10.0 Å². The monoisotopic (exact) mass is 258 g/mol. The average molecular weight is 258 g/mol. The number of hydrogen-bond acceptors (Lipinski definition) is 3. The Morgan fingerprint density at radius 1 is 1.29 bits per heavy atom. The fraction of sp³-hybridized carbons (Fsp3) is 0.455. The average Bonchev–Trinajstić information content (AvgIpc) is 2.30. The third-order valence-corrected chi connectivity index (χ3v) is 4.29. The summed E-state index contributed by atoms with van der Waals surface area (Å²) in [5.74, 6) is -0.543. The molecule has 6 heteroatoms. The molecule has 1 aromatic rings. The van der Waals surface area contributed by atoms with E-state index in [9.17, 15) is 12.8 Å². The second-order valence-electron chi connectivity index (χ2n) is 4.10. The fourth-order valence-corrected chi connectivity index (χ4v) is 3.20. The summed E-state index contributed by atoms with van der Waals surface area (Å²) in [5, 5.41) is 3.15. The Morgan fingerprint density at radius 3 is 2.65 bits per heavy atom. The van der Waals surface area contributed by atoms with Gasteiger partial charge in [0, 0.05) is 6.04 Å². The predicted octanol–water partition coefficient (Wildman–Crippen LogP) is 0.856. The predicted molar refractivity (Wildman–Crippen MR) is 62.6 cm³/mol. The van der Waals surface area contributed by atoms with Gasteiger partial charge in [0.1, 0.15) is 5.82 Å². The van der Waals surface area contributed by atoms with Gasteiger partial charge in [-0.3, -0.25) is 0 Å². The van der Waals surface area contributed by atoms with Gasteiger partial charge in [0.15, 0.2) is 0 Å². The second-order valence-corrected chi connectivity index (χ2v) is 5.82. The quantitative estimate of drug-likeness (QED) is 0.845. The molecule has 2 rings (SSSR count). The van der Waals surface area contributed by atoms with Crippen LogP contribution in [0.2, 0.25) is 0 Å². The highest BCUT2D eigenvalue weighted by molar-refractivity contribution is 7.89. The Labute approximate surface area is 100 Å². The van der Waals surface area contributed by atoms with Gasteiger partial charge in [0.25, 0.3) is 0 Å². The highest BCUT2D eigenvalue weighted by Crippen LogP contribution is 2.13. The lowest BCUT2D eigenvalue weighted by Gasteiger charge is -2.23. The van der Waals surface area contributed by atoms with E-state index in [1.165, 1.54) is 18.2 Å². The summed E-state index contributed by atoms with van der Waals surface area (Å²) >= 11 is 0. The van der Waals surface area contributed by atoms with Gasteiger partial charge in [-0.2, -0.15) is 0 Å². The van der Waals surface area contributed by atoms with Gasteiger partial charge >= 0.3 is 0 Å². The first-order chi connectivity index (χ1) is 8.08. The van der Waals surface area contributed by atoms with E-state index in [1.54, 1.807) is 0 Å². The van der Waals surface area contributed by atoms with Crippen LogP contribution in [0, 0.1) is 5.82 Å². The summed E-state index contributed by atoms with van der Waals surface area (Å²) in [6.45, 7) is 1.60. The van der Waals surface area contributed by atoms with Gasteiger partial charge in [-0.15, -0.1) is 0 Å². The van der Waals surface area contributed by atoms with Crippen LogP contribution in [0.15, 0.2) is 29.2 Å². The lowest BCUT2D eigenvalue weighted by atomic mass is 10.1. The summed E-state index contributed by atoms with van der Waals surface area (Å²) in [6, 6.07) is 4.98. The SMILES string of the molecule is O=S(=O)(NC1CCNCC1)c1cccc(F)c1. The van der Waals surface area contributed by atoms with Gasteiger partial charge in [-0.05, 0) is 44.1 Å². The van der Waals surface area contributed by atoms with Crippen LogP contribution in [0.5, 0.6) is 0 Å². The number of piperidine rings is 1. The number of sulfonamides is 1. The molecule has 1 fully saturated rings. The van der Waals surface area contributed by atoms with E-state index in [0.717, 1.165) is 32.0 Å². The first-order valence-corrected chi connectivity index (χ1v) is 7.05. The number of hydrogen-bond donors (Lipinski definition) is 2. The molecule has 0 unspecified atom stereocenters. The van der Waals surface area contributed by atoms with Crippen LogP contribution in [0.3, 0.4) is 0 Å². The Kier molecular flexibility index (Phi) is 3.76. The molecule has 0 bridgehead atoms. The van der Waals surface area contributed by atoms with Crippen molar-refractivity contribution in [1.82, 2.24) is 10.0 Å². The summed E-state index contributed by atoms with van der Waals surface area (Å²) in [6.07, 6.45) is 1.52. The lowest BCUT2D eigenvalue weighted by molar-refractivity contribution is 0.427. The van der Waals surface area contributed by atoms with Crippen LogP contribution in [0.4, 0.5) is 4.39 Å². The number of benzene rings is 1. The fourth-order valence-electron chi connectivity index (χ4n) is 1.86. The van der Waals surface area contributed by atoms with E-state index in [0.29, 0.717) is 0 Å². The summed E-state index contributed by atoms with van der Waals surface area (Å²) in [7, 11) is -3.60. The Hall–Kier alpha value is -0.980. The standard InChI is InChI=1S/C11H15FN2O2S/c12-9-2-1-3-11(8-9)17(15,16)14-10-4-6-13-7-5-10/h1-3,8,10,13-14H,4-7H2. The van der Waals surface area contributed by atoms with Crippen LogP contribution in [-0.2, 0) is 10.0 Å². The van der Waals surface area contributed by atoms with Crippen molar-refractivity contribution in [3.8, 4) is 0 Å². The minimum atomic E-state index is -3.60. The molecule has 1 saturated heterocycles. The second kappa shape index (κ2) is 5.12. The molecule has 94 valence electrons. The molecule has 0 aliphatic carbocycles. The maximum absolute atomic E-state index is 13.0. The minimum absolute atomic E-state index is 0.0176. The molecule has 1 aromatic carbocycles. The highest BCUT2D eigenvalue weighted by Gasteiger charge is 2.21. The zero-order chi connectivity index (χ0) is 12.3. The molecule has 4 nitrogen and oxygen atoms in total. The van der Waals surface area contributed by atoms with Crippen LogP contribution >= 0.6 is 0 Å². The van der Waals surface area contributed by atoms with E-state index in [1.807, 2.05) is 0 Å².